The average Bonchev–Trinajstić information content (AvgIpc) is 2.84. The Bertz CT molecular complexity index is 231. The molecule has 0 radical (unpaired) electrons. The minimum Gasteiger partial charge on any atom is -0.381 e. The Balaban J connectivity index is 1.61. The third kappa shape index (κ3) is 3.60. The highest BCUT2D eigenvalue weighted by Gasteiger charge is 2.21. The molecule has 1 fully saturated rings. The third-order valence-electron chi connectivity index (χ3n) is 3.97. The molecule has 0 aromatic heterocycles. The molecule has 2 atom stereocenters. The second-order valence-electron chi connectivity index (χ2n) is 5.22. The molecule has 2 heteroatoms. The van der Waals surface area contributed by atoms with E-state index in [1.165, 1.54) is 38.5 Å². The van der Waals surface area contributed by atoms with Crippen LogP contribution in [0.5, 0.6) is 0 Å². The summed E-state index contributed by atoms with van der Waals surface area (Å²) in [5, 5.41) is 3.65. The molecule has 0 aromatic carbocycles. The van der Waals surface area contributed by atoms with Crippen LogP contribution in [-0.2, 0) is 4.74 Å². The number of ether oxygens (including phenoxy) is 1. The van der Waals surface area contributed by atoms with Crippen LogP contribution in [0.4, 0.5) is 0 Å². The largest absolute Gasteiger partial charge is 0.381 e. The lowest BCUT2D eigenvalue weighted by atomic mass is 9.96. The van der Waals surface area contributed by atoms with Crippen LogP contribution in [0.25, 0.3) is 0 Å². The highest BCUT2D eigenvalue weighted by Crippen LogP contribution is 2.20. The molecule has 92 valence electrons. The summed E-state index contributed by atoms with van der Waals surface area (Å²) < 4.78 is 5.42. The number of hydrogen-bond acceptors (Lipinski definition) is 2. The molecular weight excluding hydrogens is 198 g/mol. The quantitative estimate of drug-likeness (QED) is 0.724. The predicted octanol–water partition coefficient (Wildman–Crippen LogP) is 2.89. The molecule has 2 rings (SSSR count). The van der Waals surface area contributed by atoms with E-state index in [0.29, 0.717) is 6.04 Å². The first kappa shape index (κ1) is 12.1. The maximum Gasteiger partial charge on any atom is 0.0509 e. The van der Waals surface area contributed by atoms with Gasteiger partial charge in [0.25, 0.3) is 0 Å². The molecule has 0 bridgehead atoms. The zero-order chi connectivity index (χ0) is 11.2. The molecule has 1 aliphatic carbocycles. The molecule has 0 saturated carbocycles. The van der Waals surface area contributed by atoms with Crippen LogP contribution in [0.3, 0.4) is 0 Å². The van der Waals surface area contributed by atoms with E-state index in [1.807, 2.05) is 0 Å². The molecule has 1 N–H and O–H groups in total. The fraction of sp³-hybridized carbons (Fsp3) is 0.857. The molecule has 0 aromatic rings. The highest BCUT2D eigenvalue weighted by molar-refractivity contribution is 5.05. The number of hydrogen-bond donors (Lipinski definition) is 1. The Morgan fingerprint density at radius 3 is 3.12 bits per heavy atom. The highest BCUT2D eigenvalue weighted by atomic mass is 16.5. The first-order valence-corrected chi connectivity index (χ1v) is 6.85. The van der Waals surface area contributed by atoms with Crippen molar-refractivity contribution in [1.29, 1.82) is 0 Å². The van der Waals surface area contributed by atoms with Crippen LogP contribution in [0.2, 0.25) is 0 Å². The van der Waals surface area contributed by atoms with Gasteiger partial charge in [0.05, 0.1) is 6.61 Å². The summed E-state index contributed by atoms with van der Waals surface area (Å²) in [5.41, 5.74) is 1.67. The van der Waals surface area contributed by atoms with E-state index >= 15 is 0 Å². The standard InChI is InChI=1S/C14H25NO/c1-12(14-8-10-16-11-14)15-9-7-13-5-3-2-4-6-13/h5,12,14-15H,2-4,6-11H2,1H3. The summed E-state index contributed by atoms with van der Waals surface area (Å²) >= 11 is 0. The van der Waals surface area contributed by atoms with E-state index in [-0.39, 0.29) is 0 Å². The fourth-order valence-corrected chi connectivity index (χ4v) is 2.71. The van der Waals surface area contributed by atoms with E-state index < -0.39 is 0 Å². The molecule has 2 nitrogen and oxygen atoms in total. The SMILES string of the molecule is CC(NCCC1=CCCCC1)C1CCOC1. The first-order chi connectivity index (χ1) is 7.86. The lowest BCUT2D eigenvalue weighted by molar-refractivity contribution is 0.178. The minimum atomic E-state index is 0.617. The van der Waals surface area contributed by atoms with Crippen molar-refractivity contribution in [3.05, 3.63) is 11.6 Å². The average molecular weight is 223 g/mol. The summed E-state index contributed by atoms with van der Waals surface area (Å²) in [6, 6.07) is 0.617. The minimum absolute atomic E-state index is 0.617. The van der Waals surface area contributed by atoms with Gasteiger partial charge in [-0.3, -0.25) is 0 Å². The van der Waals surface area contributed by atoms with Gasteiger partial charge in [-0.2, -0.15) is 0 Å². The number of nitrogens with one attached hydrogen (secondary N) is 1. The Hall–Kier alpha value is -0.340. The molecular formula is C14H25NO. The van der Waals surface area contributed by atoms with Gasteiger partial charge < -0.3 is 10.1 Å². The van der Waals surface area contributed by atoms with Gasteiger partial charge in [-0.1, -0.05) is 11.6 Å². The first-order valence-electron chi connectivity index (χ1n) is 6.85. The molecule has 1 saturated heterocycles. The third-order valence-corrected chi connectivity index (χ3v) is 3.97. The predicted molar refractivity (Wildman–Crippen MR) is 67.6 cm³/mol. The van der Waals surface area contributed by atoms with Gasteiger partial charge in [-0.05, 0) is 57.9 Å². The Morgan fingerprint density at radius 2 is 2.44 bits per heavy atom. The van der Waals surface area contributed by atoms with Gasteiger partial charge >= 0.3 is 0 Å². The summed E-state index contributed by atoms with van der Waals surface area (Å²) in [4.78, 5) is 0. The van der Waals surface area contributed by atoms with E-state index in [2.05, 4.69) is 18.3 Å². The maximum absolute atomic E-state index is 5.42. The van der Waals surface area contributed by atoms with Crippen LogP contribution < -0.4 is 5.32 Å². The summed E-state index contributed by atoms with van der Waals surface area (Å²) in [6.45, 7) is 5.36. The van der Waals surface area contributed by atoms with Gasteiger partial charge in [0, 0.05) is 12.6 Å². The van der Waals surface area contributed by atoms with Crippen LogP contribution in [0, 0.1) is 5.92 Å². The van der Waals surface area contributed by atoms with Crippen molar-refractivity contribution in [2.75, 3.05) is 19.8 Å². The molecule has 16 heavy (non-hydrogen) atoms. The van der Waals surface area contributed by atoms with Crippen molar-refractivity contribution in [2.45, 2.75) is 51.5 Å². The lowest BCUT2D eigenvalue weighted by Gasteiger charge is -2.20. The van der Waals surface area contributed by atoms with Crippen molar-refractivity contribution < 1.29 is 4.74 Å². The Morgan fingerprint density at radius 1 is 1.50 bits per heavy atom. The summed E-state index contributed by atoms with van der Waals surface area (Å²) in [5.74, 6) is 0.736. The molecule has 1 aliphatic heterocycles. The monoisotopic (exact) mass is 223 g/mol. The second-order valence-corrected chi connectivity index (χ2v) is 5.22. The van der Waals surface area contributed by atoms with E-state index in [0.717, 1.165) is 25.7 Å². The van der Waals surface area contributed by atoms with Crippen molar-refractivity contribution in [2.24, 2.45) is 5.92 Å². The van der Waals surface area contributed by atoms with Crippen molar-refractivity contribution in [1.82, 2.24) is 5.32 Å². The fourth-order valence-electron chi connectivity index (χ4n) is 2.71. The van der Waals surface area contributed by atoms with E-state index in [9.17, 15) is 0 Å². The van der Waals surface area contributed by atoms with E-state index in [1.54, 1.807) is 5.57 Å². The van der Waals surface area contributed by atoms with Crippen molar-refractivity contribution in [3.8, 4) is 0 Å². The molecule has 1 heterocycles. The van der Waals surface area contributed by atoms with Crippen LogP contribution in [0.1, 0.15) is 45.4 Å². The maximum atomic E-state index is 5.42. The van der Waals surface area contributed by atoms with Crippen molar-refractivity contribution in [3.63, 3.8) is 0 Å². The molecule has 0 amide bonds. The molecule has 0 spiro atoms. The van der Waals surface area contributed by atoms with Crippen LogP contribution in [0.15, 0.2) is 11.6 Å². The normalized spacial score (nSPS) is 27.8. The zero-order valence-electron chi connectivity index (χ0n) is 10.5. The van der Waals surface area contributed by atoms with Gasteiger partial charge in [0.1, 0.15) is 0 Å². The zero-order valence-corrected chi connectivity index (χ0v) is 10.5. The van der Waals surface area contributed by atoms with Gasteiger partial charge in [-0.15, -0.1) is 0 Å². The van der Waals surface area contributed by atoms with Crippen LogP contribution in [-0.4, -0.2) is 25.8 Å². The summed E-state index contributed by atoms with van der Waals surface area (Å²) in [7, 11) is 0. The smallest absolute Gasteiger partial charge is 0.0509 e. The Labute approximate surface area is 99.4 Å². The van der Waals surface area contributed by atoms with Crippen LogP contribution >= 0.6 is 0 Å². The van der Waals surface area contributed by atoms with Gasteiger partial charge in [0.15, 0.2) is 0 Å². The molecule has 2 aliphatic rings. The number of allylic oxidation sites excluding steroid dienone is 1. The van der Waals surface area contributed by atoms with Crippen molar-refractivity contribution >= 4 is 0 Å². The summed E-state index contributed by atoms with van der Waals surface area (Å²) in [6.07, 6.45) is 10.4. The van der Waals surface area contributed by atoms with Gasteiger partial charge in [-0.25, -0.2) is 0 Å². The lowest BCUT2D eigenvalue weighted by Crippen LogP contribution is -2.34. The molecule has 2 unspecified atom stereocenters. The number of rotatable bonds is 5. The topological polar surface area (TPSA) is 21.3 Å². The second kappa shape index (κ2) is 6.41. The van der Waals surface area contributed by atoms with E-state index in [4.69, 9.17) is 4.74 Å². The van der Waals surface area contributed by atoms with Gasteiger partial charge in [0.2, 0.25) is 0 Å². The Kier molecular flexibility index (Phi) is 4.86.